The van der Waals surface area contributed by atoms with Gasteiger partial charge in [-0.05, 0) is 45.2 Å². The maximum atomic E-state index is 5.96. The first kappa shape index (κ1) is 13.1. The molecule has 0 amide bonds. The second kappa shape index (κ2) is 5.51. The lowest BCUT2D eigenvalue weighted by Gasteiger charge is -2.25. The summed E-state index contributed by atoms with van der Waals surface area (Å²) in [7, 11) is 0. The second-order valence-corrected chi connectivity index (χ2v) is 5.31. The smallest absolute Gasteiger partial charge is 0.144 e. The van der Waals surface area contributed by atoms with E-state index in [0.717, 1.165) is 24.0 Å². The van der Waals surface area contributed by atoms with E-state index in [2.05, 4.69) is 24.0 Å². The molecule has 3 nitrogen and oxygen atoms in total. The number of hydrogen-bond acceptors (Lipinski definition) is 3. The highest BCUT2D eigenvalue weighted by atomic mass is 16.5. The van der Waals surface area contributed by atoms with Gasteiger partial charge in [0.25, 0.3) is 0 Å². The van der Waals surface area contributed by atoms with E-state index in [4.69, 9.17) is 10.5 Å². The Balaban J connectivity index is 2.21. The minimum Gasteiger partial charge on any atom is -0.489 e. The molecule has 1 aromatic carbocycles. The van der Waals surface area contributed by atoms with E-state index in [-0.39, 0.29) is 6.10 Å². The third-order valence-electron chi connectivity index (χ3n) is 3.14. The summed E-state index contributed by atoms with van der Waals surface area (Å²) in [5, 5.41) is 0. The van der Waals surface area contributed by atoms with Crippen LogP contribution >= 0.6 is 0 Å². The highest BCUT2D eigenvalue weighted by Crippen LogP contribution is 2.35. The van der Waals surface area contributed by atoms with E-state index in [1.807, 2.05) is 19.9 Å². The van der Waals surface area contributed by atoms with Crippen LogP contribution < -0.4 is 15.4 Å². The zero-order valence-electron chi connectivity index (χ0n) is 11.6. The predicted molar refractivity (Wildman–Crippen MR) is 77.3 cm³/mol. The van der Waals surface area contributed by atoms with Gasteiger partial charge >= 0.3 is 0 Å². The maximum Gasteiger partial charge on any atom is 0.144 e. The van der Waals surface area contributed by atoms with Gasteiger partial charge in [0.05, 0.1) is 11.8 Å². The summed E-state index contributed by atoms with van der Waals surface area (Å²) >= 11 is 0. The molecule has 3 heteroatoms. The van der Waals surface area contributed by atoms with Crippen molar-refractivity contribution in [3.63, 3.8) is 0 Å². The molecule has 0 aromatic heterocycles. The number of hydrogen-bond donors (Lipinski definition) is 1. The van der Waals surface area contributed by atoms with Gasteiger partial charge in [0.1, 0.15) is 5.75 Å². The molecule has 1 fully saturated rings. The highest BCUT2D eigenvalue weighted by Gasteiger charge is 2.28. The van der Waals surface area contributed by atoms with E-state index in [1.165, 1.54) is 24.9 Å². The van der Waals surface area contributed by atoms with Gasteiger partial charge < -0.3 is 15.4 Å². The van der Waals surface area contributed by atoms with Crippen LogP contribution in [0.3, 0.4) is 0 Å². The third kappa shape index (κ3) is 3.09. The van der Waals surface area contributed by atoms with Crippen molar-refractivity contribution in [3.05, 3.63) is 18.2 Å². The molecule has 2 N–H and O–H groups in total. The minimum absolute atomic E-state index is 0.156. The van der Waals surface area contributed by atoms with E-state index in [0.29, 0.717) is 0 Å². The van der Waals surface area contributed by atoms with Gasteiger partial charge in [-0.1, -0.05) is 6.92 Å². The number of nitrogens with zero attached hydrogens (tertiary/aromatic N) is 1. The summed E-state index contributed by atoms with van der Waals surface area (Å²) in [4.78, 5) is 2.48. The molecule has 100 valence electrons. The van der Waals surface area contributed by atoms with Crippen LogP contribution in [0.5, 0.6) is 5.75 Å². The molecule has 0 unspecified atom stereocenters. The topological polar surface area (TPSA) is 38.5 Å². The minimum atomic E-state index is 0.156. The van der Waals surface area contributed by atoms with Gasteiger partial charge in [-0.2, -0.15) is 0 Å². The molecule has 0 saturated heterocycles. The predicted octanol–water partition coefficient (Wildman–Crippen LogP) is 3.43. The van der Waals surface area contributed by atoms with Crippen LogP contribution in [-0.4, -0.2) is 18.7 Å². The Hall–Kier alpha value is -1.38. The molecule has 0 aliphatic heterocycles. The number of nitrogen functional groups attached to an aromatic ring is 1. The van der Waals surface area contributed by atoms with Crippen molar-refractivity contribution in [1.82, 2.24) is 0 Å². The van der Waals surface area contributed by atoms with Crippen LogP contribution in [0.4, 0.5) is 11.4 Å². The molecule has 1 aromatic rings. The van der Waals surface area contributed by atoms with Gasteiger partial charge in [0.2, 0.25) is 0 Å². The standard InChI is InChI=1S/C15H24N2O/c1-4-9-17(12-5-6-12)13-7-8-14(16)15(10-13)18-11(2)3/h7-8,10-12H,4-6,9,16H2,1-3H3. The second-order valence-electron chi connectivity index (χ2n) is 5.31. The normalized spacial score (nSPS) is 14.9. The fraction of sp³-hybridized carbons (Fsp3) is 0.600. The fourth-order valence-corrected chi connectivity index (χ4v) is 2.21. The van der Waals surface area contributed by atoms with Gasteiger partial charge in [0.15, 0.2) is 0 Å². The van der Waals surface area contributed by atoms with E-state index < -0.39 is 0 Å². The summed E-state index contributed by atoms with van der Waals surface area (Å²) in [6.07, 6.45) is 3.94. The average molecular weight is 248 g/mol. The van der Waals surface area contributed by atoms with E-state index in [9.17, 15) is 0 Å². The molecule has 0 radical (unpaired) electrons. The number of benzene rings is 1. The van der Waals surface area contributed by atoms with Gasteiger partial charge in [-0.3, -0.25) is 0 Å². The number of ether oxygens (including phenoxy) is 1. The lowest BCUT2D eigenvalue weighted by atomic mass is 10.2. The van der Waals surface area contributed by atoms with Crippen molar-refractivity contribution in [2.75, 3.05) is 17.2 Å². The third-order valence-corrected chi connectivity index (χ3v) is 3.14. The molecule has 1 aliphatic rings. The Labute approximate surface area is 110 Å². The monoisotopic (exact) mass is 248 g/mol. The summed E-state index contributed by atoms with van der Waals surface area (Å²) in [5.41, 5.74) is 7.92. The van der Waals surface area contributed by atoms with Gasteiger partial charge in [0, 0.05) is 24.3 Å². The fourth-order valence-electron chi connectivity index (χ4n) is 2.21. The lowest BCUT2D eigenvalue weighted by Crippen LogP contribution is -2.26. The summed E-state index contributed by atoms with van der Waals surface area (Å²) < 4.78 is 5.76. The van der Waals surface area contributed by atoms with Crippen molar-refractivity contribution in [2.24, 2.45) is 0 Å². The zero-order chi connectivity index (χ0) is 13.1. The SMILES string of the molecule is CCCN(c1ccc(N)c(OC(C)C)c1)C1CC1. The Bertz CT molecular complexity index is 399. The van der Waals surface area contributed by atoms with Crippen LogP contribution in [0.25, 0.3) is 0 Å². The van der Waals surface area contributed by atoms with E-state index in [1.54, 1.807) is 0 Å². The Morgan fingerprint density at radius 3 is 2.67 bits per heavy atom. The highest BCUT2D eigenvalue weighted by molar-refractivity contribution is 5.63. The molecular formula is C15H24N2O. The molecule has 1 aliphatic carbocycles. The van der Waals surface area contributed by atoms with Crippen LogP contribution in [0.2, 0.25) is 0 Å². The molecule has 1 saturated carbocycles. The Morgan fingerprint density at radius 2 is 2.11 bits per heavy atom. The van der Waals surface area contributed by atoms with Crippen molar-refractivity contribution < 1.29 is 4.74 Å². The zero-order valence-corrected chi connectivity index (χ0v) is 11.6. The summed E-state index contributed by atoms with van der Waals surface area (Å²) in [5.74, 6) is 0.809. The van der Waals surface area contributed by atoms with E-state index >= 15 is 0 Å². The maximum absolute atomic E-state index is 5.96. The van der Waals surface area contributed by atoms with Crippen molar-refractivity contribution in [2.45, 2.75) is 52.2 Å². The largest absolute Gasteiger partial charge is 0.489 e. The van der Waals surface area contributed by atoms with Crippen LogP contribution in [0, 0.1) is 0 Å². The molecular weight excluding hydrogens is 224 g/mol. The van der Waals surface area contributed by atoms with Crippen molar-refractivity contribution in [3.8, 4) is 5.75 Å². The molecule has 0 heterocycles. The Morgan fingerprint density at radius 1 is 1.39 bits per heavy atom. The van der Waals surface area contributed by atoms with Crippen LogP contribution in [0.15, 0.2) is 18.2 Å². The lowest BCUT2D eigenvalue weighted by molar-refractivity contribution is 0.244. The number of nitrogens with two attached hydrogens (primary N) is 1. The van der Waals surface area contributed by atoms with Crippen LogP contribution in [0.1, 0.15) is 40.0 Å². The van der Waals surface area contributed by atoms with Crippen molar-refractivity contribution in [1.29, 1.82) is 0 Å². The summed E-state index contributed by atoms with van der Waals surface area (Å²) in [6.45, 7) is 7.38. The quantitative estimate of drug-likeness (QED) is 0.784. The molecule has 2 rings (SSSR count). The molecule has 0 atom stereocenters. The average Bonchev–Trinajstić information content (AvgIpc) is 3.12. The number of rotatable bonds is 6. The molecule has 18 heavy (non-hydrogen) atoms. The van der Waals surface area contributed by atoms with Crippen molar-refractivity contribution >= 4 is 11.4 Å². The van der Waals surface area contributed by atoms with Gasteiger partial charge in [-0.25, -0.2) is 0 Å². The van der Waals surface area contributed by atoms with Crippen LogP contribution in [-0.2, 0) is 0 Å². The first-order chi connectivity index (χ1) is 8.61. The molecule has 0 spiro atoms. The van der Waals surface area contributed by atoms with Gasteiger partial charge in [-0.15, -0.1) is 0 Å². The number of anilines is 2. The first-order valence-electron chi connectivity index (χ1n) is 6.94. The summed E-state index contributed by atoms with van der Waals surface area (Å²) in [6, 6.07) is 6.87. The Kier molecular flexibility index (Phi) is 4.00. The molecule has 0 bridgehead atoms. The first-order valence-corrected chi connectivity index (χ1v) is 6.94.